The van der Waals surface area contributed by atoms with Crippen LogP contribution < -0.4 is 0 Å². The van der Waals surface area contributed by atoms with E-state index in [1.54, 1.807) is 0 Å². The van der Waals surface area contributed by atoms with E-state index in [0.29, 0.717) is 17.9 Å². The second kappa shape index (κ2) is 44.7. The molecule has 0 radical (unpaired) electrons. The van der Waals surface area contributed by atoms with E-state index in [4.69, 9.17) is 31.9 Å². The van der Waals surface area contributed by atoms with Gasteiger partial charge in [-0.25, -0.2) is 13.7 Å². The highest BCUT2D eigenvalue weighted by Gasteiger charge is 2.35. The van der Waals surface area contributed by atoms with Gasteiger partial charge in [0.15, 0.2) is 0 Å². The predicted octanol–water partition coefficient (Wildman–Crippen LogP) is 14.8. The first-order valence-corrected chi connectivity index (χ1v) is 36.7. The Morgan fingerprint density at radius 2 is 0.588 bits per heavy atom. The molecule has 1 N–H and O–H groups in total. The molecule has 3 aliphatic heterocycles. The molecule has 0 bridgehead atoms. The van der Waals surface area contributed by atoms with Gasteiger partial charge in [0.2, 0.25) is 17.9 Å². The van der Waals surface area contributed by atoms with E-state index in [2.05, 4.69) is 45.0 Å². The maximum atomic E-state index is 14.8. The highest BCUT2D eigenvalue weighted by atomic mass is 31.2. The second-order valence-corrected chi connectivity index (χ2v) is 27.6. The van der Waals surface area contributed by atoms with E-state index in [0.717, 1.165) is 97.4 Å². The Bertz CT molecular complexity index is 1820. The lowest BCUT2D eigenvalue weighted by Crippen LogP contribution is -2.32. The zero-order chi connectivity index (χ0) is 58.0. The van der Waals surface area contributed by atoms with Crippen molar-refractivity contribution in [1.82, 2.24) is 29.4 Å². The van der Waals surface area contributed by atoms with Gasteiger partial charge in [0, 0.05) is 93.8 Å². The summed E-state index contributed by atoms with van der Waals surface area (Å²) >= 11 is 0. The summed E-state index contributed by atoms with van der Waals surface area (Å²) in [5, 5.41) is 9.53. The lowest BCUT2D eigenvalue weighted by molar-refractivity contribution is 0.160. The summed E-state index contributed by atoms with van der Waals surface area (Å²) in [7, 11) is -4.90. The molecule has 3 unspecified atom stereocenters. The molecule has 470 valence electrons. The summed E-state index contributed by atoms with van der Waals surface area (Å²) in [6, 6.07) is 0. The van der Waals surface area contributed by atoms with Gasteiger partial charge in [0.1, 0.15) is 0 Å². The highest BCUT2D eigenvalue weighted by molar-refractivity contribution is 7.53. The molecule has 0 saturated carbocycles. The highest BCUT2D eigenvalue weighted by Crippen LogP contribution is 2.53. The van der Waals surface area contributed by atoms with Crippen molar-refractivity contribution < 1.29 is 45.9 Å². The smallest absolute Gasteiger partial charge is 0.396 e. The number of nitrogens with zero attached hydrogens (tertiary/aromatic N) is 9. The molecule has 3 atom stereocenters. The van der Waals surface area contributed by atoms with Gasteiger partial charge >= 0.3 is 23.2 Å². The second-order valence-electron chi connectivity index (χ2n) is 22.5. The molecule has 3 saturated heterocycles. The summed E-state index contributed by atoms with van der Waals surface area (Å²) < 4.78 is 92.1. The molecule has 80 heavy (non-hydrogen) atoms. The molecule has 0 amide bonds. The van der Waals surface area contributed by atoms with Crippen LogP contribution in [0.25, 0.3) is 0 Å². The predicted molar refractivity (Wildman–Crippen MR) is 331 cm³/mol. The van der Waals surface area contributed by atoms with Crippen LogP contribution in [0.4, 0.5) is 0 Å². The molecule has 0 aromatic rings. The summed E-state index contributed by atoms with van der Waals surface area (Å²) in [6.07, 6.45) is 38.1. The normalized spacial score (nSPS) is 19.0. The molecular weight excluding hydrogens is 1080 g/mol. The van der Waals surface area contributed by atoms with Crippen LogP contribution in [-0.2, 0) is 40.8 Å². The van der Waals surface area contributed by atoms with Crippen molar-refractivity contribution in [2.75, 3.05) is 127 Å². The molecule has 0 aromatic heterocycles. The molecular formula is C58H118N9O10P3. The van der Waals surface area contributed by atoms with Crippen LogP contribution in [0.15, 0.2) is 14.3 Å². The molecule has 19 nitrogen and oxygen atoms in total. The van der Waals surface area contributed by atoms with Crippen LogP contribution >= 0.6 is 23.2 Å². The van der Waals surface area contributed by atoms with Crippen LogP contribution in [0, 0.1) is 0 Å². The van der Waals surface area contributed by atoms with E-state index in [-0.39, 0.29) is 58.9 Å². The van der Waals surface area contributed by atoms with Crippen LogP contribution in [0.3, 0.4) is 0 Å². The van der Waals surface area contributed by atoms with Crippen LogP contribution in [0.2, 0.25) is 0 Å². The summed E-state index contributed by atoms with van der Waals surface area (Å²) in [4.78, 5) is 12.4. The molecule has 0 aromatic carbocycles. The molecule has 22 heteroatoms. The summed E-state index contributed by atoms with van der Waals surface area (Å²) in [5.74, 6) is 1.74. The number of likely N-dealkylation sites (N-methyl/N-ethyl adjacent to an activating group) is 3. The fourth-order valence-corrected chi connectivity index (χ4v) is 14.2. The third kappa shape index (κ3) is 31.4. The van der Waals surface area contributed by atoms with Crippen molar-refractivity contribution in [3.8, 4) is 0 Å². The quantitative estimate of drug-likeness (QED) is 0.0448. The first-order valence-electron chi connectivity index (χ1n) is 32.2. The lowest BCUT2D eigenvalue weighted by Gasteiger charge is -2.24. The van der Waals surface area contributed by atoms with Crippen LogP contribution in [-0.4, -0.2) is 179 Å². The molecule has 3 rings (SSSR count). The van der Waals surface area contributed by atoms with Crippen molar-refractivity contribution in [3.05, 3.63) is 0 Å². The minimum absolute atomic E-state index is 0.0128. The van der Waals surface area contributed by atoms with Crippen molar-refractivity contribution in [1.29, 1.82) is 0 Å². The summed E-state index contributed by atoms with van der Waals surface area (Å²) in [6.45, 7) is 13.4. The average Bonchev–Trinajstić information content (AvgIpc) is 4.10. The lowest BCUT2D eigenvalue weighted by atomic mass is 10.1. The van der Waals surface area contributed by atoms with Gasteiger partial charge in [-0.05, 0) is 38.5 Å². The number of aliphatic hydroxyl groups is 1. The van der Waals surface area contributed by atoms with Gasteiger partial charge in [-0.15, -0.1) is 14.3 Å². The van der Waals surface area contributed by atoms with Gasteiger partial charge in [0.25, 0.3) is 0 Å². The topological polar surface area (TPSA) is 183 Å². The maximum Gasteiger partial charge on any atom is 0.457 e. The molecule has 3 aliphatic rings. The van der Waals surface area contributed by atoms with Crippen molar-refractivity contribution in [2.45, 2.75) is 233 Å². The summed E-state index contributed by atoms with van der Waals surface area (Å²) in [5.41, 5.74) is 0. The van der Waals surface area contributed by atoms with E-state index < -0.39 is 23.2 Å². The SMILES string of the molecule is CCCCCCCCCCCCN1CCN(C)C1=NP(=O)(OC)OCCCOP(=O)(N=C1N(C)CCN1CCCCCCCCCCCC)OCCCOP(=O)(N=C1N(C)CCN1CCCCCCCCCCCC)OCCCO. The van der Waals surface area contributed by atoms with Gasteiger partial charge in [-0.1, -0.05) is 194 Å². The number of aliphatic hydroxyl groups excluding tert-OH is 1. The third-order valence-corrected chi connectivity index (χ3v) is 19.6. The zero-order valence-corrected chi connectivity index (χ0v) is 54.6. The van der Waals surface area contributed by atoms with Crippen LogP contribution in [0.1, 0.15) is 233 Å². The standard InChI is InChI=1S/C58H118N9O10P3/c1-8-11-14-17-20-23-26-29-32-35-41-65-47-44-62(4)56(65)59-78(69,72-7)73-52-39-53-76-80(71,61-58-64(6)46-49-67(58)43-37-34-31-28-25-22-19-16-13-10-3)77-55-40-54-75-79(70,74-51-38-50-68)60-57-63(5)45-48-66(57)42-36-33-30-27-24-21-18-15-12-9-2/h68H,8-55H2,1-7H3. The Morgan fingerprint density at radius 1 is 0.350 bits per heavy atom. The van der Waals surface area contributed by atoms with Crippen molar-refractivity contribution in [3.63, 3.8) is 0 Å². The molecule has 0 aliphatic carbocycles. The molecule has 3 heterocycles. The van der Waals surface area contributed by atoms with Crippen molar-refractivity contribution >= 4 is 41.1 Å². The largest absolute Gasteiger partial charge is 0.457 e. The monoisotopic (exact) mass is 1190 g/mol. The van der Waals surface area contributed by atoms with Gasteiger partial charge in [-0.2, -0.15) is 0 Å². The fourth-order valence-electron chi connectivity index (χ4n) is 10.3. The fraction of sp³-hybridized carbons (Fsp3) is 0.948. The van der Waals surface area contributed by atoms with Crippen LogP contribution in [0.5, 0.6) is 0 Å². The minimum atomic E-state index is -4.15. The first kappa shape index (κ1) is 72.5. The number of unbranched alkanes of at least 4 members (excludes halogenated alkanes) is 27. The van der Waals surface area contributed by atoms with E-state index in [1.165, 1.54) is 161 Å². The zero-order valence-electron chi connectivity index (χ0n) is 51.9. The average molecular weight is 1190 g/mol. The Morgan fingerprint density at radius 3 is 0.850 bits per heavy atom. The van der Waals surface area contributed by atoms with Gasteiger partial charge in [-0.3, -0.25) is 27.1 Å². The number of rotatable bonds is 53. The van der Waals surface area contributed by atoms with E-state index >= 15 is 0 Å². The first-order chi connectivity index (χ1) is 38.8. The third-order valence-electron chi connectivity index (χ3n) is 15.4. The van der Waals surface area contributed by atoms with Gasteiger partial charge in [0.05, 0.1) is 33.0 Å². The minimum Gasteiger partial charge on any atom is -0.396 e. The number of hydrogen-bond donors (Lipinski definition) is 1. The van der Waals surface area contributed by atoms with E-state index in [1.807, 2.05) is 35.8 Å². The Balaban J connectivity index is 1.63. The van der Waals surface area contributed by atoms with Crippen molar-refractivity contribution in [2.24, 2.45) is 14.3 Å². The maximum absolute atomic E-state index is 14.8. The number of guanidine groups is 3. The number of hydrogen-bond acceptors (Lipinski definition) is 10. The Hall–Kier alpha value is -1.78. The molecule has 3 fully saturated rings. The Kier molecular flexibility index (Phi) is 40.5. The van der Waals surface area contributed by atoms with Gasteiger partial charge < -0.3 is 34.5 Å². The van der Waals surface area contributed by atoms with E-state index in [9.17, 15) is 18.8 Å². The molecule has 0 spiro atoms. The Labute approximate surface area is 488 Å².